The molecule has 1 aliphatic heterocycles. The van der Waals surface area contributed by atoms with Crippen LogP contribution in [0.1, 0.15) is 22.9 Å². The maximum absolute atomic E-state index is 13.1. The second-order valence-electron chi connectivity index (χ2n) is 7.80. The van der Waals surface area contributed by atoms with Crippen molar-refractivity contribution in [3.05, 3.63) is 99.5 Å². The first kappa shape index (κ1) is 21.8. The number of hydrogen-bond donors (Lipinski definition) is 1. The average Bonchev–Trinajstić information content (AvgIpc) is 3.41. The quantitative estimate of drug-likeness (QED) is 0.200. The first-order valence-electron chi connectivity index (χ1n) is 10.1. The minimum Gasteiger partial charge on any atom is -0.507 e. The number of ketones is 1. The summed E-state index contributed by atoms with van der Waals surface area (Å²) < 4.78 is 5.37. The van der Waals surface area contributed by atoms with Gasteiger partial charge in [-0.1, -0.05) is 24.3 Å². The van der Waals surface area contributed by atoms with E-state index in [1.807, 2.05) is 31.1 Å². The van der Waals surface area contributed by atoms with Crippen molar-refractivity contribution in [3.8, 4) is 0 Å². The molecule has 2 heterocycles. The first-order chi connectivity index (χ1) is 15.8. The zero-order chi connectivity index (χ0) is 23.7. The third-order valence-corrected chi connectivity index (χ3v) is 5.50. The third-order valence-electron chi connectivity index (χ3n) is 5.50. The molecular formula is C24H21N3O6. The van der Waals surface area contributed by atoms with E-state index >= 15 is 0 Å². The fourth-order valence-electron chi connectivity index (χ4n) is 3.84. The molecule has 0 unspecified atom stereocenters. The second-order valence-corrected chi connectivity index (χ2v) is 7.80. The smallest absolute Gasteiger partial charge is 0.296 e. The Morgan fingerprint density at radius 3 is 2.45 bits per heavy atom. The van der Waals surface area contributed by atoms with E-state index in [4.69, 9.17) is 4.42 Å². The number of aliphatic hydroxyl groups is 1. The zero-order valence-electron chi connectivity index (χ0n) is 18.0. The van der Waals surface area contributed by atoms with Crippen LogP contribution in [0.4, 0.5) is 11.4 Å². The van der Waals surface area contributed by atoms with Crippen molar-refractivity contribution >= 4 is 28.8 Å². The predicted molar refractivity (Wildman–Crippen MR) is 120 cm³/mol. The number of Topliss-reactive ketones (excluding diaryl/α,β-unsaturated/α-hetero) is 1. The average molecular weight is 447 g/mol. The number of nitrogens with zero attached hydrogens (tertiary/aromatic N) is 3. The largest absolute Gasteiger partial charge is 0.507 e. The molecule has 1 saturated heterocycles. The summed E-state index contributed by atoms with van der Waals surface area (Å²) in [5, 5.41) is 22.2. The van der Waals surface area contributed by atoms with Gasteiger partial charge in [-0.25, -0.2) is 0 Å². The second kappa shape index (κ2) is 8.62. The van der Waals surface area contributed by atoms with Gasteiger partial charge < -0.3 is 19.3 Å². The van der Waals surface area contributed by atoms with Gasteiger partial charge in [0, 0.05) is 37.5 Å². The summed E-state index contributed by atoms with van der Waals surface area (Å²) >= 11 is 0. The van der Waals surface area contributed by atoms with Gasteiger partial charge in [0.2, 0.25) is 0 Å². The zero-order valence-corrected chi connectivity index (χ0v) is 18.0. The van der Waals surface area contributed by atoms with E-state index in [0.717, 1.165) is 5.69 Å². The Morgan fingerprint density at radius 1 is 1.12 bits per heavy atom. The molecule has 168 valence electrons. The number of anilines is 1. The van der Waals surface area contributed by atoms with Gasteiger partial charge in [-0.15, -0.1) is 0 Å². The van der Waals surface area contributed by atoms with Crippen molar-refractivity contribution in [3.63, 3.8) is 0 Å². The number of nitro groups is 1. The topological polar surface area (TPSA) is 117 Å². The number of benzene rings is 2. The summed E-state index contributed by atoms with van der Waals surface area (Å²) in [6.45, 7) is 0.0173. The SMILES string of the molecule is CN(C)c1ccc([C@@H]2C(=C(O)c3cccc([N+](=O)[O-])c3)C(=O)C(=O)N2Cc2ccco2)cc1. The number of carbonyl (C=O) groups excluding carboxylic acids is 2. The lowest BCUT2D eigenvalue weighted by Gasteiger charge is -2.25. The Kier molecular flexibility index (Phi) is 5.70. The lowest BCUT2D eigenvalue weighted by atomic mass is 9.95. The van der Waals surface area contributed by atoms with Crippen molar-refractivity contribution in [1.29, 1.82) is 0 Å². The highest BCUT2D eigenvalue weighted by Gasteiger charge is 2.46. The van der Waals surface area contributed by atoms with Crippen LogP contribution in [0.5, 0.6) is 0 Å². The van der Waals surface area contributed by atoms with Crippen LogP contribution in [-0.2, 0) is 16.1 Å². The van der Waals surface area contributed by atoms with Gasteiger partial charge >= 0.3 is 0 Å². The molecule has 33 heavy (non-hydrogen) atoms. The summed E-state index contributed by atoms with van der Waals surface area (Å²) in [7, 11) is 3.78. The van der Waals surface area contributed by atoms with Crippen LogP contribution in [0.2, 0.25) is 0 Å². The molecule has 0 aliphatic carbocycles. The van der Waals surface area contributed by atoms with E-state index in [0.29, 0.717) is 11.3 Å². The van der Waals surface area contributed by atoms with Crippen molar-refractivity contribution in [2.45, 2.75) is 12.6 Å². The van der Waals surface area contributed by atoms with Crippen LogP contribution >= 0.6 is 0 Å². The molecule has 0 bridgehead atoms. The summed E-state index contributed by atoms with van der Waals surface area (Å²) in [5.74, 6) is -1.66. The van der Waals surface area contributed by atoms with Crippen LogP contribution in [-0.4, -0.2) is 40.7 Å². The molecule has 1 N–H and O–H groups in total. The molecule has 1 fully saturated rings. The number of non-ortho nitro benzene ring substituents is 1. The van der Waals surface area contributed by atoms with Crippen LogP contribution < -0.4 is 4.90 Å². The van der Waals surface area contributed by atoms with E-state index < -0.39 is 28.4 Å². The monoisotopic (exact) mass is 447 g/mol. The lowest BCUT2D eigenvalue weighted by Crippen LogP contribution is -2.29. The molecule has 1 aromatic heterocycles. The van der Waals surface area contributed by atoms with E-state index in [-0.39, 0.29) is 23.4 Å². The standard InChI is InChI=1S/C24H21N3O6/c1-25(2)17-10-8-15(9-11-17)21-20(22(28)16-5-3-6-18(13-16)27(31)32)23(29)24(30)26(21)14-19-7-4-12-33-19/h3-13,21,28H,14H2,1-2H3/t21-/m1/s1. The van der Waals surface area contributed by atoms with Crippen LogP contribution in [0, 0.1) is 10.1 Å². The fraction of sp³-hybridized carbons (Fsp3) is 0.167. The summed E-state index contributed by atoms with van der Waals surface area (Å²) in [6, 6.07) is 15.0. The number of amides is 1. The number of carbonyl (C=O) groups is 2. The normalized spacial score (nSPS) is 17.4. The molecule has 0 saturated carbocycles. The van der Waals surface area contributed by atoms with Gasteiger partial charge in [0.1, 0.15) is 11.5 Å². The number of likely N-dealkylation sites (tertiary alicyclic amines) is 1. The highest BCUT2D eigenvalue weighted by Crippen LogP contribution is 2.41. The summed E-state index contributed by atoms with van der Waals surface area (Å²) in [6.07, 6.45) is 1.47. The molecule has 1 amide bonds. The van der Waals surface area contributed by atoms with Gasteiger partial charge in [-0.3, -0.25) is 19.7 Å². The molecule has 1 atom stereocenters. The van der Waals surface area contributed by atoms with E-state index in [9.17, 15) is 24.8 Å². The van der Waals surface area contributed by atoms with E-state index in [1.54, 1.807) is 24.3 Å². The van der Waals surface area contributed by atoms with Crippen LogP contribution in [0.25, 0.3) is 5.76 Å². The molecule has 2 aromatic carbocycles. The van der Waals surface area contributed by atoms with E-state index in [1.165, 1.54) is 35.4 Å². The number of furan rings is 1. The Morgan fingerprint density at radius 2 is 1.85 bits per heavy atom. The predicted octanol–water partition coefficient (Wildman–Crippen LogP) is 3.88. The Bertz CT molecular complexity index is 1250. The molecule has 9 heteroatoms. The number of hydrogen-bond acceptors (Lipinski definition) is 7. The Hall–Kier alpha value is -4.40. The van der Waals surface area contributed by atoms with E-state index in [2.05, 4.69) is 0 Å². The summed E-state index contributed by atoms with van der Waals surface area (Å²) in [5.41, 5.74) is 1.23. The molecule has 3 aromatic rings. The number of rotatable bonds is 6. The van der Waals surface area contributed by atoms with Crippen molar-refractivity contribution < 1.29 is 24.0 Å². The number of aliphatic hydroxyl groups excluding tert-OH is 1. The minimum absolute atomic E-state index is 0.0173. The summed E-state index contributed by atoms with van der Waals surface area (Å²) in [4.78, 5) is 39.9. The molecular weight excluding hydrogens is 426 g/mol. The van der Waals surface area contributed by atoms with Gasteiger partial charge in [0.05, 0.1) is 29.3 Å². The number of nitro benzene ring substituents is 1. The van der Waals surface area contributed by atoms with Crippen LogP contribution in [0.3, 0.4) is 0 Å². The van der Waals surface area contributed by atoms with Crippen molar-refractivity contribution in [2.75, 3.05) is 19.0 Å². The lowest BCUT2D eigenvalue weighted by molar-refractivity contribution is -0.384. The molecule has 9 nitrogen and oxygen atoms in total. The fourth-order valence-corrected chi connectivity index (χ4v) is 3.84. The van der Waals surface area contributed by atoms with Gasteiger partial charge in [0.25, 0.3) is 17.4 Å². The van der Waals surface area contributed by atoms with Gasteiger partial charge in [-0.2, -0.15) is 0 Å². The third kappa shape index (κ3) is 4.08. The van der Waals surface area contributed by atoms with Crippen LogP contribution in [0.15, 0.2) is 76.9 Å². The first-order valence-corrected chi connectivity index (χ1v) is 10.1. The highest BCUT2D eigenvalue weighted by molar-refractivity contribution is 6.46. The van der Waals surface area contributed by atoms with Gasteiger partial charge in [0.15, 0.2) is 0 Å². The highest BCUT2D eigenvalue weighted by atomic mass is 16.6. The Balaban J connectivity index is 1.86. The molecule has 0 spiro atoms. The van der Waals surface area contributed by atoms with Crippen molar-refractivity contribution in [1.82, 2.24) is 4.90 Å². The van der Waals surface area contributed by atoms with Crippen molar-refractivity contribution in [2.24, 2.45) is 0 Å². The van der Waals surface area contributed by atoms with Gasteiger partial charge in [-0.05, 0) is 29.8 Å². The molecule has 0 radical (unpaired) electrons. The molecule has 1 aliphatic rings. The minimum atomic E-state index is -0.898. The Labute approximate surface area is 189 Å². The molecule has 4 rings (SSSR count). The maximum Gasteiger partial charge on any atom is 0.296 e. The maximum atomic E-state index is 13.1.